The highest BCUT2D eigenvalue weighted by molar-refractivity contribution is 5.98. The van der Waals surface area contributed by atoms with E-state index in [4.69, 9.17) is 10.7 Å². The van der Waals surface area contributed by atoms with Gasteiger partial charge in [-0.2, -0.15) is 0 Å². The summed E-state index contributed by atoms with van der Waals surface area (Å²) in [5.41, 5.74) is 19.0. The van der Waals surface area contributed by atoms with Gasteiger partial charge in [0.2, 0.25) is 0 Å². The van der Waals surface area contributed by atoms with Crippen LogP contribution in [0.3, 0.4) is 0 Å². The summed E-state index contributed by atoms with van der Waals surface area (Å²) >= 11 is 0. The lowest BCUT2D eigenvalue weighted by molar-refractivity contribution is 0.561. The van der Waals surface area contributed by atoms with Gasteiger partial charge in [0, 0.05) is 17.5 Å². The molecule has 2 heteroatoms. The van der Waals surface area contributed by atoms with Crippen molar-refractivity contribution in [2.24, 2.45) is 10.7 Å². The number of amidine groups is 1. The van der Waals surface area contributed by atoms with Crippen LogP contribution in [0.5, 0.6) is 0 Å². The first-order chi connectivity index (χ1) is 23.1. The van der Waals surface area contributed by atoms with Crippen molar-refractivity contribution in [3.8, 4) is 0 Å². The molecule has 0 fully saturated rings. The molecule has 0 aromatic heterocycles. The molecule has 2 N–H and O–H groups in total. The average Bonchev–Trinajstić information content (AvgIpc) is 3.33. The van der Waals surface area contributed by atoms with Gasteiger partial charge >= 0.3 is 0 Å². The van der Waals surface area contributed by atoms with Gasteiger partial charge in [-0.15, -0.1) is 6.58 Å². The molecule has 3 aromatic carbocycles. The van der Waals surface area contributed by atoms with Gasteiger partial charge in [0.05, 0.1) is 5.41 Å². The standard InChI is InChI=1S/C36H40N2.C6H10.C4H8/c1-6-8-9-10-15-23-38-34(37)26-21-22-31-33(24-26)36(32-20-14-13-19-30(32)35(31,4)5)28(16-7-2)25(3)27-17-11-12-18-29(27)36;1-4-5-6(2)3;1-3-4-2/h7,9-14,16-22,24H,6,8,15,23H2,1-5H3,(H2,37,38);4H,1-2,5H2,3H3;3-4H,1-2H3/b10-9-,16-7-;;4-3-. The Morgan fingerprint density at radius 2 is 1.42 bits per heavy atom. The molecule has 0 saturated heterocycles. The first-order valence-corrected chi connectivity index (χ1v) is 17.5. The van der Waals surface area contributed by atoms with Crippen LogP contribution in [0.2, 0.25) is 0 Å². The van der Waals surface area contributed by atoms with Crippen molar-refractivity contribution in [1.82, 2.24) is 0 Å². The number of nitrogens with two attached hydrogens (primary N) is 1. The Morgan fingerprint density at radius 1 is 0.812 bits per heavy atom. The normalized spacial score (nSPS) is 17.5. The molecule has 2 aliphatic rings. The van der Waals surface area contributed by atoms with Gasteiger partial charge in [0.25, 0.3) is 0 Å². The van der Waals surface area contributed by atoms with Crippen LogP contribution in [-0.4, -0.2) is 12.4 Å². The van der Waals surface area contributed by atoms with Crippen molar-refractivity contribution in [1.29, 1.82) is 0 Å². The molecule has 0 saturated carbocycles. The predicted octanol–water partition coefficient (Wildman–Crippen LogP) is 12.2. The Morgan fingerprint density at radius 3 is 2.00 bits per heavy atom. The highest BCUT2D eigenvalue weighted by atomic mass is 14.8. The Hall–Kier alpha value is -4.43. The number of unbranched alkanes of at least 4 members (excludes halogenated alkanes) is 1. The number of hydrogen-bond donors (Lipinski definition) is 1. The molecule has 0 bridgehead atoms. The largest absolute Gasteiger partial charge is 0.384 e. The molecule has 0 aliphatic heterocycles. The maximum atomic E-state index is 6.63. The van der Waals surface area contributed by atoms with Crippen LogP contribution in [-0.2, 0) is 10.8 Å². The third-order valence-corrected chi connectivity index (χ3v) is 9.30. The number of benzene rings is 3. The van der Waals surface area contributed by atoms with E-state index in [9.17, 15) is 0 Å². The van der Waals surface area contributed by atoms with E-state index in [1.54, 1.807) is 0 Å². The molecule has 0 amide bonds. The van der Waals surface area contributed by atoms with Crippen LogP contribution < -0.4 is 5.73 Å². The Bertz CT molecular complexity index is 1720. The summed E-state index contributed by atoms with van der Waals surface area (Å²) in [4.78, 5) is 4.77. The van der Waals surface area contributed by atoms with Gasteiger partial charge in [-0.3, -0.25) is 4.99 Å². The smallest absolute Gasteiger partial charge is 0.125 e. The summed E-state index contributed by atoms with van der Waals surface area (Å²) in [6, 6.07) is 24.8. The lowest BCUT2D eigenvalue weighted by Gasteiger charge is -2.47. The van der Waals surface area contributed by atoms with Gasteiger partial charge in [0.15, 0.2) is 0 Å². The summed E-state index contributed by atoms with van der Waals surface area (Å²) in [6.07, 6.45) is 19.0. The Kier molecular flexibility index (Phi) is 14.0. The number of nitrogens with zero attached hydrogens (tertiary/aromatic N) is 1. The molecule has 0 radical (unpaired) electrons. The van der Waals surface area contributed by atoms with E-state index in [-0.39, 0.29) is 5.41 Å². The zero-order valence-corrected chi connectivity index (χ0v) is 30.9. The van der Waals surface area contributed by atoms with E-state index in [0.717, 1.165) is 24.8 Å². The van der Waals surface area contributed by atoms with Crippen LogP contribution in [0.1, 0.15) is 120 Å². The molecule has 3 aromatic rings. The van der Waals surface area contributed by atoms with Crippen LogP contribution in [0.25, 0.3) is 5.57 Å². The van der Waals surface area contributed by atoms with Crippen molar-refractivity contribution < 1.29 is 0 Å². The van der Waals surface area contributed by atoms with Gasteiger partial charge in [-0.25, -0.2) is 0 Å². The zero-order valence-electron chi connectivity index (χ0n) is 30.9. The molecule has 252 valence electrons. The van der Waals surface area contributed by atoms with E-state index in [1.165, 1.54) is 56.5 Å². The number of hydrogen-bond acceptors (Lipinski definition) is 1. The predicted molar refractivity (Wildman–Crippen MR) is 213 cm³/mol. The highest BCUT2D eigenvalue weighted by Crippen LogP contribution is 2.61. The lowest BCUT2D eigenvalue weighted by atomic mass is 9.55. The SMILES string of the molecule is C/C=C\C.C/C=C\C1=C(C)c2ccccc2C12c1ccccc1C(C)(C)c1ccc(C(N)=NCC/C=C\CCC)cc12.C=CCC(=C)C. The summed E-state index contributed by atoms with van der Waals surface area (Å²) in [5, 5.41) is 0. The molecular weight excluding hydrogens is 581 g/mol. The van der Waals surface area contributed by atoms with Gasteiger partial charge in [-0.1, -0.05) is 143 Å². The molecule has 1 spiro atoms. The highest BCUT2D eigenvalue weighted by Gasteiger charge is 2.53. The van der Waals surface area contributed by atoms with Crippen molar-refractivity contribution in [3.63, 3.8) is 0 Å². The number of fused-ring (bicyclic) bond motifs is 6. The second-order valence-electron chi connectivity index (χ2n) is 13.2. The zero-order chi connectivity index (χ0) is 35.3. The molecule has 2 nitrogen and oxygen atoms in total. The fourth-order valence-electron chi connectivity index (χ4n) is 6.91. The van der Waals surface area contributed by atoms with Crippen LogP contribution >= 0.6 is 0 Å². The number of allylic oxidation sites excluding steroid dienone is 9. The van der Waals surface area contributed by atoms with E-state index >= 15 is 0 Å². The van der Waals surface area contributed by atoms with Crippen LogP contribution in [0, 0.1) is 0 Å². The van der Waals surface area contributed by atoms with Gasteiger partial charge in [-0.05, 0) is 104 Å². The molecule has 2 aliphatic carbocycles. The van der Waals surface area contributed by atoms with E-state index in [0.29, 0.717) is 12.4 Å². The third kappa shape index (κ3) is 7.81. The van der Waals surface area contributed by atoms with Crippen LogP contribution in [0.4, 0.5) is 0 Å². The van der Waals surface area contributed by atoms with Crippen molar-refractivity contribution in [2.45, 2.75) is 91.9 Å². The lowest BCUT2D eigenvalue weighted by Crippen LogP contribution is -2.41. The molecule has 5 rings (SSSR count). The summed E-state index contributed by atoms with van der Waals surface area (Å²) in [6.45, 7) is 25.2. The van der Waals surface area contributed by atoms with E-state index in [1.807, 2.05) is 39.0 Å². The molecule has 1 unspecified atom stereocenters. The van der Waals surface area contributed by atoms with Gasteiger partial charge in [0.1, 0.15) is 5.84 Å². The molecule has 48 heavy (non-hydrogen) atoms. The summed E-state index contributed by atoms with van der Waals surface area (Å²) in [5.74, 6) is 0.614. The summed E-state index contributed by atoms with van der Waals surface area (Å²) in [7, 11) is 0. The topological polar surface area (TPSA) is 38.4 Å². The minimum Gasteiger partial charge on any atom is -0.384 e. The second-order valence-corrected chi connectivity index (χ2v) is 13.2. The average molecular weight is 639 g/mol. The number of rotatable bonds is 9. The van der Waals surface area contributed by atoms with Crippen molar-refractivity contribution in [2.75, 3.05) is 6.54 Å². The first-order valence-electron chi connectivity index (χ1n) is 17.5. The third-order valence-electron chi connectivity index (χ3n) is 9.30. The second kappa shape index (κ2) is 17.6. The summed E-state index contributed by atoms with van der Waals surface area (Å²) < 4.78 is 0. The monoisotopic (exact) mass is 638 g/mol. The van der Waals surface area contributed by atoms with Crippen molar-refractivity contribution >= 4 is 11.4 Å². The Balaban J connectivity index is 0.000000548. The molecule has 1 atom stereocenters. The molecule has 0 heterocycles. The first kappa shape index (κ1) is 38.0. The van der Waals surface area contributed by atoms with Crippen LogP contribution in [0.15, 0.2) is 139 Å². The quantitative estimate of drug-likeness (QED) is 0.108. The Labute approximate surface area is 292 Å². The van der Waals surface area contributed by atoms with E-state index in [2.05, 4.69) is 139 Å². The minimum absolute atomic E-state index is 0.141. The van der Waals surface area contributed by atoms with E-state index < -0.39 is 5.41 Å². The van der Waals surface area contributed by atoms with Gasteiger partial charge < -0.3 is 5.73 Å². The maximum absolute atomic E-state index is 6.63. The fourth-order valence-corrected chi connectivity index (χ4v) is 6.91. The number of aliphatic imine (C=N–C) groups is 1. The molecular formula is C46H58N2. The maximum Gasteiger partial charge on any atom is 0.125 e. The fraction of sp³-hybridized carbons (Fsp3) is 0.326. The minimum atomic E-state index is -0.395. The van der Waals surface area contributed by atoms with Crippen molar-refractivity contribution in [3.05, 3.63) is 173 Å².